The molecule has 1 aliphatic heterocycles. The Balaban J connectivity index is 1.74. The highest BCUT2D eigenvalue weighted by atomic mass is 35.5. The predicted octanol–water partition coefficient (Wildman–Crippen LogP) is 3.27. The molecule has 2 aromatic rings. The van der Waals surface area contributed by atoms with Crippen molar-refractivity contribution in [2.45, 2.75) is 37.8 Å². The number of aliphatic hydroxyl groups is 1. The van der Waals surface area contributed by atoms with Gasteiger partial charge in [0.1, 0.15) is 11.9 Å². The Bertz CT molecular complexity index is 1310. The number of allylic oxidation sites excluding steroid dienone is 1. The van der Waals surface area contributed by atoms with Gasteiger partial charge in [-0.1, -0.05) is 17.7 Å². The van der Waals surface area contributed by atoms with Crippen LogP contribution in [0.1, 0.15) is 42.3 Å². The fraction of sp³-hybridized carbons (Fsp3) is 0.458. The third-order valence-electron chi connectivity index (χ3n) is 6.63. The molecule has 2 N–H and O–H groups in total. The molecule has 2 aliphatic rings. The van der Waals surface area contributed by atoms with Crippen LogP contribution in [0.5, 0.6) is 0 Å². The molecular weight excluding hydrogens is 543 g/mol. The number of methoxy groups -OCH3 is 1. The van der Waals surface area contributed by atoms with E-state index in [0.29, 0.717) is 47.8 Å². The smallest absolute Gasteiger partial charge is 0.338 e. The van der Waals surface area contributed by atoms with Gasteiger partial charge in [-0.2, -0.15) is 4.31 Å². The van der Waals surface area contributed by atoms with E-state index in [1.165, 1.54) is 41.0 Å². The third-order valence-corrected chi connectivity index (χ3v) is 9.07. The average Bonchev–Trinajstić information content (AvgIpc) is 3.41. The standard InChI is InChI=1S/C24H28ClFN4O5S2/c1-35-24(32)19-20(14-3-6-16(7-4-14)30(10-11-31)37(2,33)34)28-22(23-27-9-12-36-23)29-21(19)17-8-5-15(26)13-18(17)25/h5,8-9,12-14,16,21,31H,3-4,6-7,10-11H2,1-2H3,(H,28,29). The van der Waals surface area contributed by atoms with Crippen LogP contribution in [-0.4, -0.2) is 67.2 Å². The van der Waals surface area contributed by atoms with Gasteiger partial charge in [-0.05, 0) is 43.7 Å². The summed E-state index contributed by atoms with van der Waals surface area (Å²) in [7, 11) is -2.20. The Morgan fingerprint density at radius 1 is 1.32 bits per heavy atom. The number of rotatable bonds is 8. The van der Waals surface area contributed by atoms with Crippen LogP contribution in [0.15, 0.2) is 46.0 Å². The van der Waals surface area contributed by atoms with Crippen molar-refractivity contribution in [1.29, 1.82) is 0 Å². The molecule has 0 saturated heterocycles. The SMILES string of the molecule is COC(=O)C1=C(C2CCC(N(CCO)S(C)(=O)=O)CC2)NC(c2nccs2)=NC1c1ccc(F)cc1Cl. The Hall–Kier alpha value is -2.38. The first-order valence-corrected chi connectivity index (χ1v) is 14.8. The number of aromatic nitrogens is 1. The third kappa shape index (κ3) is 6.04. The number of nitrogens with zero attached hydrogens (tertiary/aromatic N) is 3. The molecule has 1 aromatic heterocycles. The zero-order chi connectivity index (χ0) is 26.7. The van der Waals surface area contributed by atoms with E-state index >= 15 is 0 Å². The highest BCUT2D eigenvalue weighted by molar-refractivity contribution is 7.88. The van der Waals surface area contributed by atoms with Crippen molar-refractivity contribution in [2.75, 3.05) is 26.5 Å². The topological polar surface area (TPSA) is 121 Å². The zero-order valence-electron chi connectivity index (χ0n) is 20.4. The molecule has 2 heterocycles. The van der Waals surface area contributed by atoms with E-state index in [-0.39, 0.29) is 35.7 Å². The van der Waals surface area contributed by atoms with Crippen molar-refractivity contribution in [2.24, 2.45) is 10.9 Å². The van der Waals surface area contributed by atoms with E-state index in [9.17, 15) is 22.7 Å². The van der Waals surface area contributed by atoms with Gasteiger partial charge in [0, 0.05) is 40.4 Å². The monoisotopic (exact) mass is 570 g/mol. The molecule has 13 heteroatoms. The molecule has 1 fully saturated rings. The van der Waals surface area contributed by atoms with E-state index < -0.39 is 27.9 Å². The van der Waals surface area contributed by atoms with Gasteiger partial charge in [0.25, 0.3) is 0 Å². The van der Waals surface area contributed by atoms with Crippen molar-refractivity contribution in [3.8, 4) is 0 Å². The largest absolute Gasteiger partial charge is 0.466 e. The number of esters is 1. The van der Waals surface area contributed by atoms with Crippen molar-refractivity contribution in [3.63, 3.8) is 0 Å². The Morgan fingerprint density at radius 3 is 2.62 bits per heavy atom. The van der Waals surface area contributed by atoms with Gasteiger partial charge in [0.05, 0.1) is 25.5 Å². The van der Waals surface area contributed by atoms with Crippen molar-refractivity contribution >= 4 is 44.8 Å². The molecule has 0 radical (unpaired) electrons. The molecule has 1 unspecified atom stereocenters. The lowest BCUT2D eigenvalue weighted by molar-refractivity contribution is -0.136. The minimum Gasteiger partial charge on any atom is -0.466 e. The maximum atomic E-state index is 13.8. The number of sulfonamides is 1. The molecule has 1 aromatic carbocycles. The second kappa shape index (κ2) is 11.6. The van der Waals surface area contributed by atoms with Crippen LogP contribution in [-0.2, 0) is 19.6 Å². The zero-order valence-corrected chi connectivity index (χ0v) is 22.7. The first kappa shape index (κ1) is 27.6. The summed E-state index contributed by atoms with van der Waals surface area (Å²) < 4.78 is 44.9. The Labute approximate surface area is 224 Å². The summed E-state index contributed by atoms with van der Waals surface area (Å²) >= 11 is 7.79. The second-order valence-corrected chi connectivity index (χ2v) is 12.2. The van der Waals surface area contributed by atoms with Gasteiger partial charge in [-0.25, -0.2) is 22.6 Å². The van der Waals surface area contributed by atoms with Crippen molar-refractivity contribution in [3.05, 3.63) is 62.5 Å². The lowest BCUT2D eigenvalue weighted by atomic mass is 9.80. The average molecular weight is 571 g/mol. The van der Waals surface area contributed by atoms with Gasteiger partial charge in [-0.3, -0.25) is 4.99 Å². The lowest BCUT2D eigenvalue weighted by Gasteiger charge is -2.38. The number of carbonyl (C=O) groups is 1. The van der Waals surface area contributed by atoms with E-state index in [1.54, 1.807) is 6.20 Å². The molecule has 1 atom stereocenters. The summed E-state index contributed by atoms with van der Waals surface area (Å²) in [5.74, 6) is -0.765. The number of amidine groups is 1. The van der Waals surface area contributed by atoms with E-state index in [0.717, 1.165) is 6.26 Å². The minimum atomic E-state index is -3.49. The number of ether oxygens (including phenoxy) is 1. The number of aliphatic imine (C=N–C) groups is 1. The van der Waals surface area contributed by atoms with Crippen LogP contribution in [0.3, 0.4) is 0 Å². The number of hydrogen-bond acceptors (Lipinski definition) is 9. The van der Waals surface area contributed by atoms with Crippen molar-refractivity contribution in [1.82, 2.24) is 14.6 Å². The summed E-state index contributed by atoms with van der Waals surface area (Å²) in [6.45, 7) is -0.228. The maximum absolute atomic E-state index is 13.8. The molecule has 200 valence electrons. The molecule has 37 heavy (non-hydrogen) atoms. The van der Waals surface area contributed by atoms with E-state index in [4.69, 9.17) is 21.3 Å². The predicted molar refractivity (Wildman–Crippen MR) is 139 cm³/mol. The highest BCUT2D eigenvalue weighted by Gasteiger charge is 2.39. The summed E-state index contributed by atoms with van der Waals surface area (Å²) in [6.07, 6.45) is 5.05. The highest BCUT2D eigenvalue weighted by Crippen LogP contribution is 2.41. The molecule has 1 saturated carbocycles. The molecular formula is C24H28ClFN4O5S2. The van der Waals surface area contributed by atoms with Gasteiger partial charge < -0.3 is 15.2 Å². The van der Waals surface area contributed by atoms with Crippen LogP contribution < -0.4 is 5.32 Å². The molecule has 4 rings (SSSR count). The summed E-state index contributed by atoms with van der Waals surface area (Å²) in [5, 5.41) is 15.2. The number of nitrogens with one attached hydrogen (secondary N) is 1. The number of halogens is 2. The minimum absolute atomic E-state index is 0.0362. The van der Waals surface area contributed by atoms with E-state index in [2.05, 4.69) is 10.3 Å². The Kier molecular flexibility index (Phi) is 8.64. The molecule has 0 bridgehead atoms. The van der Waals surface area contributed by atoms with Gasteiger partial charge >= 0.3 is 5.97 Å². The first-order valence-electron chi connectivity index (χ1n) is 11.7. The van der Waals surface area contributed by atoms with Crippen LogP contribution >= 0.6 is 22.9 Å². The number of aliphatic hydroxyl groups excluding tert-OH is 1. The number of hydrogen-bond donors (Lipinski definition) is 2. The van der Waals surface area contributed by atoms with Gasteiger partial charge in [0.2, 0.25) is 10.0 Å². The van der Waals surface area contributed by atoms with Crippen LogP contribution in [0.25, 0.3) is 0 Å². The maximum Gasteiger partial charge on any atom is 0.338 e. The fourth-order valence-corrected chi connectivity index (χ4v) is 7.01. The molecule has 1 aliphatic carbocycles. The first-order chi connectivity index (χ1) is 17.6. The summed E-state index contributed by atoms with van der Waals surface area (Å²) in [4.78, 5) is 22.2. The van der Waals surface area contributed by atoms with Crippen LogP contribution in [0.2, 0.25) is 5.02 Å². The molecule has 0 amide bonds. The normalized spacial score (nSPS) is 22.5. The number of thiazole rings is 1. The Morgan fingerprint density at radius 2 is 2.05 bits per heavy atom. The van der Waals surface area contributed by atoms with Gasteiger partial charge in [-0.15, -0.1) is 11.3 Å². The van der Waals surface area contributed by atoms with Gasteiger partial charge in [0.15, 0.2) is 10.8 Å². The second-order valence-electron chi connectivity index (χ2n) is 8.93. The number of benzene rings is 1. The number of carbonyl (C=O) groups excluding carboxylic acids is 1. The summed E-state index contributed by atoms with van der Waals surface area (Å²) in [5.41, 5.74) is 1.34. The molecule has 9 nitrogen and oxygen atoms in total. The summed E-state index contributed by atoms with van der Waals surface area (Å²) in [6, 6.07) is 2.85. The van der Waals surface area contributed by atoms with Crippen molar-refractivity contribution < 1.29 is 27.4 Å². The van der Waals surface area contributed by atoms with Crippen LogP contribution in [0.4, 0.5) is 4.39 Å². The lowest BCUT2D eigenvalue weighted by Crippen LogP contribution is -2.44. The quantitative estimate of drug-likeness (QED) is 0.467. The molecule has 0 spiro atoms. The van der Waals surface area contributed by atoms with E-state index in [1.807, 2.05) is 5.38 Å². The van der Waals surface area contributed by atoms with Crippen LogP contribution in [0, 0.1) is 11.7 Å². The fourth-order valence-electron chi connectivity index (χ4n) is 4.99.